The van der Waals surface area contributed by atoms with Gasteiger partial charge in [0.2, 0.25) is 0 Å². The van der Waals surface area contributed by atoms with E-state index in [-0.39, 0.29) is 17.8 Å². The zero-order valence-electron chi connectivity index (χ0n) is 15.1. The van der Waals surface area contributed by atoms with Gasteiger partial charge in [-0.3, -0.25) is 9.89 Å². The van der Waals surface area contributed by atoms with Crippen molar-refractivity contribution in [2.24, 2.45) is 0 Å². The summed E-state index contributed by atoms with van der Waals surface area (Å²) in [5.74, 6) is 0.530. The standard InChI is InChI=1S/C21H21FN4O/c1-14-2-4-16(5-3-14)21(27)23-18-10-11-26(13-18)20-12-19(24-25-20)15-6-8-17(22)9-7-15/h2-9,12,18H,10-11,13H2,1H3,(H,23,27)(H,24,25)/t18-/m1/s1. The Balaban J connectivity index is 1.39. The first-order valence-corrected chi connectivity index (χ1v) is 9.02. The molecule has 0 unspecified atom stereocenters. The van der Waals surface area contributed by atoms with E-state index in [4.69, 9.17) is 0 Å². The van der Waals surface area contributed by atoms with E-state index in [1.54, 1.807) is 12.1 Å². The summed E-state index contributed by atoms with van der Waals surface area (Å²) in [6.45, 7) is 3.54. The lowest BCUT2D eigenvalue weighted by atomic mass is 10.1. The molecular formula is C21H21FN4O. The largest absolute Gasteiger partial charge is 0.353 e. The molecule has 1 amide bonds. The second kappa shape index (κ2) is 7.23. The third kappa shape index (κ3) is 3.84. The first-order valence-electron chi connectivity index (χ1n) is 9.02. The Morgan fingerprint density at radius 3 is 2.67 bits per heavy atom. The number of halogens is 1. The van der Waals surface area contributed by atoms with Gasteiger partial charge in [0, 0.05) is 30.8 Å². The van der Waals surface area contributed by atoms with Crippen molar-refractivity contribution in [2.45, 2.75) is 19.4 Å². The van der Waals surface area contributed by atoms with Crippen molar-refractivity contribution in [1.82, 2.24) is 15.5 Å². The molecule has 6 heteroatoms. The lowest BCUT2D eigenvalue weighted by molar-refractivity contribution is 0.0940. The summed E-state index contributed by atoms with van der Waals surface area (Å²) in [6.07, 6.45) is 0.871. The van der Waals surface area contributed by atoms with Gasteiger partial charge in [0.05, 0.1) is 5.69 Å². The van der Waals surface area contributed by atoms with Crippen LogP contribution in [0.2, 0.25) is 0 Å². The minimum absolute atomic E-state index is 0.0455. The van der Waals surface area contributed by atoms with Crippen LogP contribution in [0.25, 0.3) is 11.3 Å². The number of amides is 1. The number of hydrogen-bond acceptors (Lipinski definition) is 3. The topological polar surface area (TPSA) is 61.0 Å². The number of benzene rings is 2. The molecule has 0 aliphatic carbocycles. The van der Waals surface area contributed by atoms with Crippen LogP contribution >= 0.6 is 0 Å². The van der Waals surface area contributed by atoms with Gasteiger partial charge in [0.15, 0.2) is 5.82 Å². The number of rotatable bonds is 4. The second-order valence-electron chi connectivity index (χ2n) is 6.92. The van der Waals surface area contributed by atoms with Crippen molar-refractivity contribution in [3.63, 3.8) is 0 Å². The number of nitrogens with zero attached hydrogens (tertiary/aromatic N) is 2. The number of aromatic nitrogens is 2. The molecule has 27 heavy (non-hydrogen) atoms. The lowest BCUT2D eigenvalue weighted by Crippen LogP contribution is -2.37. The minimum Gasteiger partial charge on any atom is -0.353 e. The van der Waals surface area contributed by atoms with Crippen LogP contribution in [-0.2, 0) is 0 Å². The van der Waals surface area contributed by atoms with Crippen molar-refractivity contribution in [3.05, 3.63) is 71.5 Å². The molecule has 1 aromatic heterocycles. The highest BCUT2D eigenvalue weighted by Crippen LogP contribution is 2.24. The molecule has 138 valence electrons. The predicted octanol–water partition coefficient (Wildman–Crippen LogP) is 3.53. The van der Waals surface area contributed by atoms with Crippen molar-refractivity contribution in [3.8, 4) is 11.3 Å². The molecule has 2 aromatic carbocycles. The van der Waals surface area contributed by atoms with E-state index in [2.05, 4.69) is 20.4 Å². The molecule has 2 heterocycles. The Morgan fingerprint density at radius 2 is 1.93 bits per heavy atom. The highest BCUT2D eigenvalue weighted by Gasteiger charge is 2.26. The van der Waals surface area contributed by atoms with E-state index in [0.717, 1.165) is 35.6 Å². The minimum atomic E-state index is -0.259. The maximum atomic E-state index is 13.1. The normalized spacial score (nSPS) is 16.5. The summed E-state index contributed by atoms with van der Waals surface area (Å²) < 4.78 is 13.1. The Hall–Kier alpha value is -3.15. The van der Waals surface area contributed by atoms with Gasteiger partial charge in [-0.1, -0.05) is 17.7 Å². The molecule has 1 aliphatic heterocycles. The van der Waals surface area contributed by atoms with Crippen molar-refractivity contribution in [2.75, 3.05) is 18.0 Å². The lowest BCUT2D eigenvalue weighted by Gasteiger charge is -2.16. The maximum Gasteiger partial charge on any atom is 0.251 e. The molecule has 4 rings (SSSR count). The molecule has 0 bridgehead atoms. The molecule has 1 aliphatic rings. The molecule has 2 N–H and O–H groups in total. The van der Waals surface area contributed by atoms with Gasteiger partial charge >= 0.3 is 0 Å². The van der Waals surface area contributed by atoms with E-state index in [1.807, 2.05) is 37.3 Å². The van der Waals surface area contributed by atoms with Crippen LogP contribution in [0, 0.1) is 12.7 Å². The zero-order chi connectivity index (χ0) is 18.8. The maximum absolute atomic E-state index is 13.1. The fraction of sp³-hybridized carbons (Fsp3) is 0.238. The summed E-state index contributed by atoms with van der Waals surface area (Å²) in [4.78, 5) is 14.5. The monoisotopic (exact) mass is 364 g/mol. The number of hydrogen-bond donors (Lipinski definition) is 2. The van der Waals surface area contributed by atoms with E-state index >= 15 is 0 Å². The smallest absolute Gasteiger partial charge is 0.251 e. The van der Waals surface area contributed by atoms with Crippen LogP contribution in [0.5, 0.6) is 0 Å². The number of nitrogens with one attached hydrogen (secondary N) is 2. The fourth-order valence-corrected chi connectivity index (χ4v) is 3.31. The number of H-pyrrole nitrogens is 1. The highest BCUT2D eigenvalue weighted by atomic mass is 19.1. The number of aryl methyl sites for hydroxylation is 1. The number of aromatic amines is 1. The highest BCUT2D eigenvalue weighted by molar-refractivity contribution is 5.94. The Kier molecular flexibility index (Phi) is 4.62. The molecule has 1 fully saturated rings. The summed E-state index contributed by atoms with van der Waals surface area (Å²) in [7, 11) is 0. The van der Waals surface area contributed by atoms with Gasteiger partial charge < -0.3 is 10.2 Å². The van der Waals surface area contributed by atoms with E-state index in [0.29, 0.717) is 12.1 Å². The third-order valence-electron chi connectivity index (χ3n) is 4.88. The molecular weight excluding hydrogens is 343 g/mol. The molecule has 3 aromatic rings. The number of carbonyl (C=O) groups excluding carboxylic acids is 1. The van der Waals surface area contributed by atoms with E-state index in [9.17, 15) is 9.18 Å². The van der Waals surface area contributed by atoms with Crippen molar-refractivity contribution < 1.29 is 9.18 Å². The molecule has 1 atom stereocenters. The first-order chi connectivity index (χ1) is 13.1. The van der Waals surface area contributed by atoms with Gasteiger partial charge in [-0.2, -0.15) is 5.10 Å². The Labute approximate surface area is 157 Å². The third-order valence-corrected chi connectivity index (χ3v) is 4.88. The zero-order valence-corrected chi connectivity index (χ0v) is 15.1. The van der Waals surface area contributed by atoms with Gasteiger partial charge in [-0.25, -0.2) is 4.39 Å². The Bertz CT molecular complexity index is 934. The molecule has 1 saturated heterocycles. The van der Waals surface area contributed by atoms with E-state index in [1.165, 1.54) is 12.1 Å². The fourth-order valence-electron chi connectivity index (χ4n) is 3.31. The van der Waals surface area contributed by atoms with Crippen molar-refractivity contribution in [1.29, 1.82) is 0 Å². The Morgan fingerprint density at radius 1 is 1.19 bits per heavy atom. The van der Waals surface area contributed by atoms with Gasteiger partial charge in [-0.15, -0.1) is 0 Å². The van der Waals surface area contributed by atoms with Gasteiger partial charge in [0.25, 0.3) is 5.91 Å². The summed E-state index contributed by atoms with van der Waals surface area (Å²) in [5.41, 5.74) is 3.54. The quantitative estimate of drug-likeness (QED) is 0.744. The van der Waals surface area contributed by atoms with Crippen LogP contribution in [-0.4, -0.2) is 35.2 Å². The average Bonchev–Trinajstić information content (AvgIpc) is 3.32. The molecule has 0 spiro atoms. The summed E-state index contributed by atoms with van der Waals surface area (Å²) >= 11 is 0. The predicted molar refractivity (Wildman–Crippen MR) is 103 cm³/mol. The summed E-state index contributed by atoms with van der Waals surface area (Å²) in [6, 6.07) is 15.9. The van der Waals surface area contributed by atoms with Crippen LogP contribution in [0.4, 0.5) is 10.2 Å². The SMILES string of the molecule is Cc1ccc(C(=O)N[C@@H]2CCN(c3cc(-c4ccc(F)cc4)[nH]n3)C2)cc1. The van der Waals surface area contributed by atoms with Gasteiger partial charge in [-0.05, 0) is 55.3 Å². The molecule has 0 saturated carbocycles. The van der Waals surface area contributed by atoms with Crippen molar-refractivity contribution >= 4 is 11.7 Å². The summed E-state index contributed by atoms with van der Waals surface area (Å²) in [5, 5.41) is 10.5. The van der Waals surface area contributed by atoms with Crippen LogP contribution in [0.15, 0.2) is 54.6 Å². The van der Waals surface area contributed by atoms with Crippen LogP contribution in [0.3, 0.4) is 0 Å². The molecule has 0 radical (unpaired) electrons. The van der Waals surface area contributed by atoms with Crippen LogP contribution in [0.1, 0.15) is 22.3 Å². The first kappa shape index (κ1) is 17.3. The van der Waals surface area contributed by atoms with Gasteiger partial charge in [0.1, 0.15) is 5.82 Å². The number of anilines is 1. The van der Waals surface area contributed by atoms with Crippen LogP contribution < -0.4 is 10.2 Å². The second-order valence-corrected chi connectivity index (χ2v) is 6.92. The number of carbonyl (C=O) groups is 1. The molecule has 5 nitrogen and oxygen atoms in total. The average molecular weight is 364 g/mol. The van der Waals surface area contributed by atoms with E-state index < -0.39 is 0 Å².